The average molecular weight is 410 g/mol. The Morgan fingerprint density at radius 2 is 1.87 bits per heavy atom. The van der Waals surface area contributed by atoms with Crippen molar-refractivity contribution in [3.63, 3.8) is 0 Å². The molecular formula is C18H18N8O4. The normalized spacial score (nSPS) is 11.0. The fourth-order valence-corrected chi connectivity index (χ4v) is 2.91. The molecule has 4 aromatic heterocycles. The summed E-state index contributed by atoms with van der Waals surface area (Å²) in [7, 11) is 0. The second-order valence-electron chi connectivity index (χ2n) is 6.38. The molecule has 0 aliphatic carbocycles. The zero-order chi connectivity index (χ0) is 21.3. The van der Waals surface area contributed by atoms with Gasteiger partial charge in [0.05, 0.1) is 11.9 Å². The lowest BCUT2D eigenvalue weighted by atomic mass is 10.2. The van der Waals surface area contributed by atoms with Crippen LogP contribution in [0, 0.1) is 6.92 Å². The molecule has 30 heavy (non-hydrogen) atoms. The van der Waals surface area contributed by atoms with Crippen LogP contribution in [0.3, 0.4) is 0 Å². The minimum absolute atomic E-state index is 0.0125. The molecule has 0 saturated carbocycles. The smallest absolute Gasteiger partial charge is 0.304 e. The molecule has 0 unspecified atom stereocenters. The SMILES string of the molecule is CC(=O)OCn1cc(-c2c(-c3nc(C)nn3COC(C)=O)nc3ncccn23)cn1. The van der Waals surface area contributed by atoms with Gasteiger partial charge in [-0.2, -0.15) is 10.2 Å². The first kappa shape index (κ1) is 19.2. The van der Waals surface area contributed by atoms with Crippen LogP contribution in [-0.4, -0.2) is 50.9 Å². The second kappa shape index (κ2) is 7.73. The molecule has 0 aromatic carbocycles. The summed E-state index contributed by atoms with van der Waals surface area (Å²) in [6.45, 7) is 4.27. The minimum Gasteiger partial charge on any atom is -0.443 e. The Kier molecular flexibility index (Phi) is 4.96. The van der Waals surface area contributed by atoms with E-state index in [1.807, 2.05) is 6.20 Å². The summed E-state index contributed by atoms with van der Waals surface area (Å²) < 4.78 is 14.8. The first-order valence-electron chi connectivity index (χ1n) is 8.97. The van der Waals surface area contributed by atoms with Crippen LogP contribution in [0.4, 0.5) is 0 Å². The number of esters is 2. The number of hydrogen-bond acceptors (Lipinski definition) is 9. The topological polar surface area (TPSA) is 131 Å². The van der Waals surface area contributed by atoms with Gasteiger partial charge in [-0.3, -0.25) is 14.0 Å². The maximum absolute atomic E-state index is 11.3. The van der Waals surface area contributed by atoms with Crippen LogP contribution < -0.4 is 0 Å². The number of carbonyl (C=O) groups is 2. The highest BCUT2D eigenvalue weighted by atomic mass is 16.5. The highest BCUT2D eigenvalue weighted by Gasteiger charge is 2.23. The van der Waals surface area contributed by atoms with Crippen molar-refractivity contribution in [2.24, 2.45) is 0 Å². The number of aromatic nitrogens is 8. The largest absolute Gasteiger partial charge is 0.443 e. The van der Waals surface area contributed by atoms with Gasteiger partial charge in [0.25, 0.3) is 0 Å². The van der Waals surface area contributed by atoms with E-state index < -0.39 is 11.9 Å². The van der Waals surface area contributed by atoms with Gasteiger partial charge in [0.1, 0.15) is 11.5 Å². The summed E-state index contributed by atoms with van der Waals surface area (Å²) in [5.41, 5.74) is 1.87. The Bertz CT molecular complexity index is 1240. The standard InChI is InChI=1S/C18H18N8O4/c1-11-21-17(26(23-11)10-30-13(3)28)15-16(25-6-4-5-19-18(25)22-15)14-7-20-24(8-14)9-29-12(2)27/h4-8H,9-10H2,1-3H3. The van der Waals surface area contributed by atoms with E-state index in [2.05, 4.69) is 25.1 Å². The highest BCUT2D eigenvalue weighted by Crippen LogP contribution is 2.31. The molecule has 12 heteroatoms. The number of carbonyl (C=O) groups excluding carboxylic acids is 2. The first-order valence-corrected chi connectivity index (χ1v) is 8.97. The molecule has 0 N–H and O–H groups in total. The van der Waals surface area contributed by atoms with Crippen LogP contribution in [0.1, 0.15) is 19.7 Å². The molecular weight excluding hydrogens is 392 g/mol. The van der Waals surface area contributed by atoms with Crippen molar-refractivity contribution < 1.29 is 19.1 Å². The molecule has 0 bridgehead atoms. The predicted octanol–water partition coefficient (Wildman–Crippen LogP) is 1.20. The van der Waals surface area contributed by atoms with Gasteiger partial charge < -0.3 is 9.47 Å². The van der Waals surface area contributed by atoms with Crippen molar-refractivity contribution in [1.29, 1.82) is 0 Å². The number of aryl methyl sites for hydroxylation is 1. The molecule has 0 radical (unpaired) electrons. The number of fused-ring (bicyclic) bond motifs is 1. The Labute approximate surface area is 170 Å². The minimum atomic E-state index is -0.433. The van der Waals surface area contributed by atoms with Crippen molar-refractivity contribution in [1.82, 2.24) is 38.9 Å². The third-order valence-electron chi connectivity index (χ3n) is 4.09. The zero-order valence-corrected chi connectivity index (χ0v) is 16.5. The molecule has 0 spiro atoms. The maximum Gasteiger partial charge on any atom is 0.304 e. The first-order chi connectivity index (χ1) is 14.4. The third-order valence-corrected chi connectivity index (χ3v) is 4.09. The lowest BCUT2D eigenvalue weighted by molar-refractivity contribution is -0.146. The molecule has 0 aliphatic rings. The van der Waals surface area contributed by atoms with Gasteiger partial charge in [0, 0.05) is 38.0 Å². The van der Waals surface area contributed by atoms with Crippen LogP contribution in [0.15, 0.2) is 30.9 Å². The van der Waals surface area contributed by atoms with E-state index >= 15 is 0 Å². The highest BCUT2D eigenvalue weighted by molar-refractivity contribution is 5.78. The molecule has 4 aromatic rings. The van der Waals surface area contributed by atoms with Crippen LogP contribution >= 0.6 is 0 Å². The van der Waals surface area contributed by atoms with Gasteiger partial charge >= 0.3 is 11.9 Å². The molecule has 0 saturated heterocycles. The molecule has 0 amide bonds. The van der Waals surface area contributed by atoms with E-state index in [4.69, 9.17) is 9.47 Å². The monoisotopic (exact) mass is 410 g/mol. The van der Waals surface area contributed by atoms with Crippen LogP contribution in [0.5, 0.6) is 0 Å². The van der Waals surface area contributed by atoms with Crippen molar-refractivity contribution in [3.8, 4) is 22.8 Å². The Morgan fingerprint density at radius 1 is 1.10 bits per heavy atom. The molecule has 4 heterocycles. The number of imidazole rings is 1. The van der Waals surface area contributed by atoms with Gasteiger partial charge in [-0.05, 0) is 13.0 Å². The maximum atomic E-state index is 11.3. The summed E-state index contributed by atoms with van der Waals surface area (Å²) in [6.07, 6.45) is 6.80. The van der Waals surface area contributed by atoms with Crippen LogP contribution in [0.2, 0.25) is 0 Å². The van der Waals surface area contributed by atoms with Gasteiger partial charge in [0.15, 0.2) is 19.3 Å². The molecule has 4 rings (SSSR count). The Morgan fingerprint density at radius 3 is 2.63 bits per heavy atom. The van der Waals surface area contributed by atoms with Crippen molar-refractivity contribution in [2.75, 3.05) is 0 Å². The molecule has 0 fully saturated rings. The second-order valence-corrected chi connectivity index (χ2v) is 6.38. The lowest BCUT2D eigenvalue weighted by Gasteiger charge is -2.06. The number of rotatable bonds is 6. The van der Waals surface area contributed by atoms with Crippen LogP contribution in [0.25, 0.3) is 28.6 Å². The van der Waals surface area contributed by atoms with Crippen molar-refractivity contribution >= 4 is 17.7 Å². The van der Waals surface area contributed by atoms with Gasteiger partial charge in [-0.25, -0.2) is 24.3 Å². The summed E-state index contributed by atoms with van der Waals surface area (Å²) in [5.74, 6) is 0.536. The van der Waals surface area contributed by atoms with Crippen molar-refractivity contribution in [2.45, 2.75) is 34.2 Å². The van der Waals surface area contributed by atoms with E-state index in [0.29, 0.717) is 34.4 Å². The van der Waals surface area contributed by atoms with Gasteiger partial charge in [-0.1, -0.05) is 0 Å². The van der Waals surface area contributed by atoms with E-state index in [1.54, 1.807) is 36.0 Å². The third kappa shape index (κ3) is 3.74. The summed E-state index contributed by atoms with van der Waals surface area (Å²) >= 11 is 0. The number of hydrogen-bond donors (Lipinski definition) is 0. The molecule has 12 nitrogen and oxygen atoms in total. The van der Waals surface area contributed by atoms with E-state index in [1.165, 1.54) is 23.2 Å². The fourth-order valence-electron chi connectivity index (χ4n) is 2.91. The fraction of sp³-hybridized carbons (Fsp3) is 0.278. The lowest BCUT2D eigenvalue weighted by Crippen LogP contribution is -2.09. The van der Waals surface area contributed by atoms with E-state index in [0.717, 1.165) is 0 Å². The van der Waals surface area contributed by atoms with Gasteiger partial charge in [0.2, 0.25) is 5.78 Å². The van der Waals surface area contributed by atoms with Crippen molar-refractivity contribution in [3.05, 3.63) is 36.7 Å². The summed E-state index contributed by atoms with van der Waals surface area (Å²) in [5, 5.41) is 8.54. The van der Waals surface area contributed by atoms with Crippen LogP contribution in [-0.2, 0) is 32.5 Å². The number of ether oxygens (including phenoxy) is 2. The molecule has 0 aliphatic heterocycles. The van der Waals surface area contributed by atoms with Gasteiger partial charge in [-0.15, -0.1) is 0 Å². The average Bonchev–Trinajstić information content (AvgIpc) is 3.40. The Hall–Kier alpha value is -4.09. The van der Waals surface area contributed by atoms with E-state index in [9.17, 15) is 9.59 Å². The number of nitrogens with zero attached hydrogens (tertiary/aromatic N) is 8. The molecule has 154 valence electrons. The molecule has 0 atom stereocenters. The van der Waals surface area contributed by atoms with E-state index in [-0.39, 0.29) is 13.5 Å². The summed E-state index contributed by atoms with van der Waals surface area (Å²) in [6, 6.07) is 1.78. The quantitative estimate of drug-likeness (QED) is 0.430. The predicted molar refractivity (Wildman–Crippen MR) is 101 cm³/mol. The summed E-state index contributed by atoms with van der Waals surface area (Å²) in [4.78, 5) is 35.7. The zero-order valence-electron chi connectivity index (χ0n) is 16.5. The Balaban J connectivity index is 1.83.